The number of nitrogens with zero attached hydrogens (tertiary/aromatic N) is 1. The van der Waals surface area contributed by atoms with Crippen molar-refractivity contribution in [2.45, 2.75) is 26.3 Å². The first-order valence-corrected chi connectivity index (χ1v) is 7.77. The Kier molecular flexibility index (Phi) is 3.79. The molecule has 2 aromatic carbocycles. The summed E-state index contributed by atoms with van der Waals surface area (Å²) in [5.41, 5.74) is 2.70. The minimum Gasteiger partial charge on any atom is -0.480 e. The van der Waals surface area contributed by atoms with E-state index in [9.17, 15) is 9.90 Å². The van der Waals surface area contributed by atoms with Gasteiger partial charge in [0.05, 0.1) is 15.6 Å². The van der Waals surface area contributed by atoms with E-state index in [-0.39, 0.29) is 6.54 Å². The number of hydrogen-bond acceptors (Lipinski definition) is 1. The lowest BCUT2D eigenvalue weighted by Crippen LogP contribution is -2.08. The van der Waals surface area contributed by atoms with Gasteiger partial charge in [0, 0.05) is 16.3 Å². The number of aliphatic carboxylic acids is 1. The van der Waals surface area contributed by atoms with Gasteiger partial charge in [-0.1, -0.05) is 55.2 Å². The predicted molar refractivity (Wildman–Crippen MR) is 91.2 cm³/mol. The Morgan fingerprint density at radius 2 is 1.86 bits per heavy atom. The number of hydrogen-bond donors (Lipinski definition) is 1. The molecule has 0 aliphatic heterocycles. The third kappa shape index (κ3) is 2.34. The molecule has 0 aliphatic rings. The molecule has 1 aromatic heterocycles. The van der Waals surface area contributed by atoms with Crippen molar-refractivity contribution in [3.05, 3.63) is 45.9 Å². The second-order valence-corrected chi connectivity index (χ2v) is 6.45. The summed E-state index contributed by atoms with van der Waals surface area (Å²) in [5.74, 6) is -0.551. The highest BCUT2D eigenvalue weighted by Crippen LogP contribution is 2.38. The Balaban J connectivity index is 2.47. The molecule has 1 N–H and O–H groups in total. The molecule has 0 spiro atoms. The van der Waals surface area contributed by atoms with Gasteiger partial charge in [-0.05, 0) is 23.6 Å². The molecule has 5 heteroatoms. The number of rotatable bonds is 3. The Morgan fingerprint density at radius 3 is 2.50 bits per heavy atom. The Morgan fingerprint density at radius 1 is 1.18 bits per heavy atom. The van der Waals surface area contributed by atoms with Crippen LogP contribution in [0.15, 0.2) is 30.3 Å². The zero-order valence-electron chi connectivity index (χ0n) is 12.2. The highest BCUT2D eigenvalue weighted by Gasteiger charge is 2.17. The van der Waals surface area contributed by atoms with E-state index < -0.39 is 5.97 Å². The molecule has 0 fully saturated rings. The first-order chi connectivity index (χ1) is 10.4. The van der Waals surface area contributed by atoms with Crippen molar-refractivity contribution in [1.82, 2.24) is 4.57 Å². The van der Waals surface area contributed by atoms with E-state index in [2.05, 4.69) is 19.9 Å². The van der Waals surface area contributed by atoms with Crippen molar-refractivity contribution in [1.29, 1.82) is 0 Å². The minimum atomic E-state index is -0.912. The third-order valence-electron chi connectivity index (χ3n) is 3.90. The SMILES string of the molecule is CC(C)c1ccc2c3ccc(Cl)c(Cl)c3n(CC(=O)O)c2c1. The minimum absolute atomic E-state index is 0.151. The quantitative estimate of drug-likeness (QED) is 0.704. The molecular weight excluding hydrogens is 321 g/mol. The zero-order valence-corrected chi connectivity index (χ0v) is 13.7. The maximum absolute atomic E-state index is 11.3. The largest absolute Gasteiger partial charge is 0.480 e. The van der Waals surface area contributed by atoms with Crippen LogP contribution in [0.2, 0.25) is 10.0 Å². The molecule has 3 nitrogen and oxygen atoms in total. The van der Waals surface area contributed by atoms with Gasteiger partial charge in [0.25, 0.3) is 0 Å². The summed E-state index contributed by atoms with van der Waals surface area (Å²) in [7, 11) is 0. The molecular formula is C17H15Cl2NO2. The number of carboxylic acids is 1. The first kappa shape index (κ1) is 15.2. The lowest BCUT2D eigenvalue weighted by Gasteiger charge is -2.08. The summed E-state index contributed by atoms with van der Waals surface area (Å²) in [4.78, 5) is 11.3. The fourth-order valence-corrected chi connectivity index (χ4v) is 3.22. The van der Waals surface area contributed by atoms with Crippen molar-refractivity contribution in [3.63, 3.8) is 0 Å². The Labute approximate surface area is 138 Å². The molecule has 0 saturated carbocycles. The monoisotopic (exact) mass is 335 g/mol. The molecule has 22 heavy (non-hydrogen) atoms. The molecule has 3 rings (SSSR count). The summed E-state index contributed by atoms with van der Waals surface area (Å²) in [6.07, 6.45) is 0. The molecule has 1 heterocycles. The number of benzene rings is 2. The topological polar surface area (TPSA) is 42.2 Å². The van der Waals surface area contributed by atoms with Gasteiger partial charge in [0.15, 0.2) is 0 Å². The van der Waals surface area contributed by atoms with Gasteiger partial charge in [-0.3, -0.25) is 4.79 Å². The molecule has 0 amide bonds. The summed E-state index contributed by atoms with van der Waals surface area (Å²) in [6, 6.07) is 9.76. The van der Waals surface area contributed by atoms with E-state index in [0.717, 1.165) is 21.9 Å². The molecule has 0 bridgehead atoms. The third-order valence-corrected chi connectivity index (χ3v) is 4.70. The first-order valence-electron chi connectivity index (χ1n) is 7.01. The van der Waals surface area contributed by atoms with Crippen LogP contribution in [0.5, 0.6) is 0 Å². The average molecular weight is 336 g/mol. The van der Waals surface area contributed by atoms with Crippen LogP contribution in [-0.4, -0.2) is 15.6 Å². The Bertz CT molecular complexity index is 897. The Hall–Kier alpha value is -1.71. The van der Waals surface area contributed by atoms with Crippen LogP contribution in [0.25, 0.3) is 21.8 Å². The molecule has 3 aromatic rings. The molecule has 114 valence electrons. The number of halogens is 2. The normalized spacial score (nSPS) is 11.7. The fraction of sp³-hybridized carbons (Fsp3) is 0.235. The number of fused-ring (bicyclic) bond motifs is 3. The number of carboxylic acid groups (broad SMARTS) is 1. The van der Waals surface area contributed by atoms with E-state index in [0.29, 0.717) is 21.5 Å². The van der Waals surface area contributed by atoms with E-state index in [1.54, 1.807) is 10.6 Å². The maximum atomic E-state index is 11.3. The van der Waals surface area contributed by atoms with Gasteiger partial charge in [-0.2, -0.15) is 0 Å². The van der Waals surface area contributed by atoms with Gasteiger partial charge < -0.3 is 9.67 Å². The highest BCUT2D eigenvalue weighted by atomic mass is 35.5. The van der Waals surface area contributed by atoms with Gasteiger partial charge in [-0.25, -0.2) is 0 Å². The van der Waals surface area contributed by atoms with Crippen LogP contribution < -0.4 is 0 Å². The van der Waals surface area contributed by atoms with Crippen LogP contribution in [-0.2, 0) is 11.3 Å². The highest BCUT2D eigenvalue weighted by molar-refractivity contribution is 6.45. The predicted octanol–water partition coefficient (Wildman–Crippen LogP) is 5.31. The summed E-state index contributed by atoms with van der Waals surface area (Å²) >= 11 is 12.5. The number of aromatic nitrogens is 1. The van der Waals surface area contributed by atoms with Crippen LogP contribution in [0.1, 0.15) is 25.3 Å². The van der Waals surface area contributed by atoms with Crippen molar-refractivity contribution in [2.24, 2.45) is 0 Å². The van der Waals surface area contributed by atoms with Crippen LogP contribution in [0, 0.1) is 0 Å². The number of carbonyl (C=O) groups is 1. The van der Waals surface area contributed by atoms with Crippen LogP contribution in [0.4, 0.5) is 0 Å². The van der Waals surface area contributed by atoms with E-state index >= 15 is 0 Å². The second-order valence-electron chi connectivity index (χ2n) is 5.67. The molecule has 0 unspecified atom stereocenters. The second kappa shape index (κ2) is 5.49. The van der Waals surface area contributed by atoms with Crippen molar-refractivity contribution >= 4 is 51.0 Å². The van der Waals surface area contributed by atoms with Gasteiger partial charge >= 0.3 is 5.97 Å². The lowest BCUT2D eigenvalue weighted by atomic mass is 10.0. The molecule has 0 saturated heterocycles. The maximum Gasteiger partial charge on any atom is 0.323 e. The standard InChI is InChI=1S/C17H15Cl2NO2/c1-9(2)10-3-4-11-12-5-6-13(18)16(19)17(12)20(8-15(21)22)14(11)7-10/h3-7,9H,8H2,1-2H3,(H,21,22). The van der Waals surface area contributed by atoms with Crippen molar-refractivity contribution in [2.75, 3.05) is 0 Å². The van der Waals surface area contributed by atoms with E-state index in [1.165, 1.54) is 0 Å². The molecule has 0 aliphatic carbocycles. The van der Waals surface area contributed by atoms with Crippen LogP contribution in [0.3, 0.4) is 0 Å². The zero-order chi connectivity index (χ0) is 16.0. The van der Waals surface area contributed by atoms with Crippen molar-refractivity contribution < 1.29 is 9.90 Å². The van der Waals surface area contributed by atoms with E-state index in [1.807, 2.05) is 18.2 Å². The van der Waals surface area contributed by atoms with E-state index in [4.69, 9.17) is 23.2 Å². The lowest BCUT2D eigenvalue weighted by molar-refractivity contribution is -0.137. The van der Waals surface area contributed by atoms with Gasteiger partial charge in [0.1, 0.15) is 6.54 Å². The van der Waals surface area contributed by atoms with Gasteiger partial charge in [0.2, 0.25) is 0 Å². The fourth-order valence-electron chi connectivity index (χ4n) is 2.80. The van der Waals surface area contributed by atoms with Gasteiger partial charge in [-0.15, -0.1) is 0 Å². The molecule has 0 radical (unpaired) electrons. The summed E-state index contributed by atoms with van der Waals surface area (Å²) in [5, 5.41) is 12.0. The van der Waals surface area contributed by atoms with Crippen LogP contribution >= 0.6 is 23.2 Å². The molecule has 0 atom stereocenters. The summed E-state index contributed by atoms with van der Waals surface area (Å²) in [6.45, 7) is 4.06. The smallest absolute Gasteiger partial charge is 0.323 e. The van der Waals surface area contributed by atoms with Crippen molar-refractivity contribution in [3.8, 4) is 0 Å². The summed E-state index contributed by atoms with van der Waals surface area (Å²) < 4.78 is 1.73. The average Bonchev–Trinajstić information content (AvgIpc) is 2.76.